The molecule has 0 aliphatic carbocycles. The van der Waals surface area contributed by atoms with Crippen LogP contribution in [0.4, 0.5) is 0 Å². The summed E-state index contributed by atoms with van der Waals surface area (Å²) in [6, 6.07) is 0. The summed E-state index contributed by atoms with van der Waals surface area (Å²) in [5.74, 6) is 0. The van der Waals surface area contributed by atoms with Crippen LogP contribution >= 0.6 is 0 Å². The first kappa shape index (κ1) is 13.7. The summed E-state index contributed by atoms with van der Waals surface area (Å²) in [4.78, 5) is 0. The summed E-state index contributed by atoms with van der Waals surface area (Å²) in [7, 11) is 0. The lowest BCUT2D eigenvalue weighted by Crippen LogP contribution is -1.82. The van der Waals surface area contributed by atoms with E-state index in [0.717, 1.165) is 38.5 Å². The fraction of sp³-hybridized carbons (Fsp3) is 0.833. The van der Waals surface area contributed by atoms with E-state index in [9.17, 15) is 0 Å². The van der Waals surface area contributed by atoms with Crippen molar-refractivity contribution in [2.45, 2.75) is 51.4 Å². The highest BCUT2D eigenvalue weighted by molar-refractivity contribution is 4.81. The number of aliphatic hydroxyl groups excluding tert-OH is 2. The van der Waals surface area contributed by atoms with Crippen LogP contribution < -0.4 is 0 Å². The zero-order chi connectivity index (χ0) is 10.5. The molecule has 0 saturated heterocycles. The van der Waals surface area contributed by atoms with Gasteiger partial charge in [0.1, 0.15) is 0 Å². The summed E-state index contributed by atoms with van der Waals surface area (Å²) in [6.45, 7) is 0.649. The van der Waals surface area contributed by atoms with E-state index in [4.69, 9.17) is 10.2 Å². The van der Waals surface area contributed by atoms with Crippen molar-refractivity contribution in [3.63, 3.8) is 0 Å². The lowest BCUT2D eigenvalue weighted by atomic mass is 10.1. The van der Waals surface area contributed by atoms with Gasteiger partial charge in [0.05, 0.1) is 0 Å². The van der Waals surface area contributed by atoms with E-state index < -0.39 is 0 Å². The molecule has 0 heterocycles. The Morgan fingerprint density at radius 2 is 1.00 bits per heavy atom. The molecule has 0 spiro atoms. The average molecular weight is 200 g/mol. The molecule has 2 N–H and O–H groups in total. The zero-order valence-corrected chi connectivity index (χ0v) is 9.12. The molecule has 0 amide bonds. The molecule has 0 aliphatic heterocycles. The highest BCUT2D eigenvalue weighted by Gasteiger charge is 1.86. The lowest BCUT2D eigenvalue weighted by Gasteiger charge is -1.95. The summed E-state index contributed by atoms with van der Waals surface area (Å²) in [5, 5.41) is 17.1. The third-order valence-corrected chi connectivity index (χ3v) is 2.22. The molecular formula is C12H24O2. The Hall–Kier alpha value is -0.340. The molecule has 0 bridgehead atoms. The van der Waals surface area contributed by atoms with Crippen molar-refractivity contribution < 1.29 is 10.2 Å². The SMILES string of the molecule is OCCCCC/C=C/CCCCCO. The van der Waals surface area contributed by atoms with Crippen LogP contribution in [0.1, 0.15) is 51.4 Å². The Labute approximate surface area is 87.7 Å². The number of rotatable bonds is 10. The third-order valence-electron chi connectivity index (χ3n) is 2.22. The van der Waals surface area contributed by atoms with Crippen molar-refractivity contribution in [3.05, 3.63) is 12.2 Å². The maximum Gasteiger partial charge on any atom is 0.0431 e. The molecule has 0 fully saturated rings. The van der Waals surface area contributed by atoms with Crippen molar-refractivity contribution in [3.8, 4) is 0 Å². The van der Waals surface area contributed by atoms with Gasteiger partial charge < -0.3 is 10.2 Å². The molecule has 0 atom stereocenters. The molecule has 2 heteroatoms. The topological polar surface area (TPSA) is 40.5 Å². The maximum absolute atomic E-state index is 8.55. The zero-order valence-electron chi connectivity index (χ0n) is 9.12. The molecule has 0 radical (unpaired) electrons. The molecule has 0 aromatic heterocycles. The van der Waals surface area contributed by atoms with Crippen LogP contribution in [-0.4, -0.2) is 23.4 Å². The van der Waals surface area contributed by atoms with Crippen LogP contribution in [0.5, 0.6) is 0 Å². The van der Waals surface area contributed by atoms with Gasteiger partial charge in [-0.2, -0.15) is 0 Å². The minimum absolute atomic E-state index is 0.324. The monoisotopic (exact) mass is 200 g/mol. The molecule has 2 nitrogen and oxygen atoms in total. The normalized spacial score (nSPS) is 11.3. The van der Waals surface area contributed by atoms with E-state index in [2.05, 4.69) is 12.2 Å². The molecule has 84 valence electrons. The van der Waals surface area contributed by atoms with E-state index in [1.807, 2.05) is 0 Å². The van der Waals surface area contributed by atoms with Crippen molar-refractivity contribution >= 4 is 0 Å². The Bertz CT molecular complexity index is 107. The quantitative estimate of drug-likeness (QED) is 0.420. The minimum Gasteiger partial charge on any atom is -0.396 e. The second kappa shape index (κ2) is 12.7. The van der Waals surface area contributed by atoms with E-state index in [1.54, 1.807) is 0 Å². The number of allylic oxidation sites excluding steroid dienone is 2. The Morgan fingerprint density at radius 3 is 1.36 bits per heavy atom. The summed E-state index contributed by atoms with van der Waals surface area (Å²) < 4.78 is 0. The van der Waals surface area contributed by atoms with Crippen molar-refractivity contribution in [1.82, 2.24) is 0 Å². The van der Waals surface area contributed by atoms with Crippen LogP contribution in [0.2, 0.25) is 0 Å². The fourth-order valence-electron chi connectivity index (χ4n) is 1.34. The predicted molar refractivity (Wildman–Crippen MR) is 60.2 cm³/mol. The Kier molecular flexibility index (Phi) is 12.4. The molecular weight excluding hydrogens is 176 g/mol. The van der Waals surface area contributed by atoms with E-state index in [1.165, 1.54) is 12.8 Å². The van der Waals surface area contributed by atoms with Crippen LogP contribution in [0, 0.1) is 0 Å². The lowest BCUT2D eigenvalue weighted by molar-refractivity contribution is 0.283. The molecule has 0 rings (SSSR count). The van der Waals surface area contributed by atoms with Gasteiger partial charge in [0.15, 0.2) is 0 Å². The minimum atomic E-state index is 0.324. The fourth-order valence-corrected chi connectivity index (χ4v) is 1.34. The third kappa shape index (κ3) is 11.7. The second-order valence-corrected chi connectivity index (χ2v) is 3.62. The van der Waals surface area contributed by atoms with Gasteiger partial charge in [0, 0.05) is 13.2 Å². The summed E-state index contributed by atoms with van der Waals surface area (Å²) in [6.07, 6.45) is 13.2. The van der Waals surface area contributed by atoms with Gasteiger partial charge in [-0.25, -0.2) is 0 Å². The van der Waals surface area contributed by atoms with Crippen LogP contribution in [-0.2, 0) is 0 Å². The standard InChI is InChI=1S/C12H24O2/c13-11-9-7-5-3-1-2-4-6-8-10-12-14/h1-2,13-14H,3-12H2/b2-1+. The Morgan fingerprint density at radius 1 is 0.571 bits per heavy atom. The molecule has 0 unspecified atom stereocenters. The van der Waals surface area contributed by atoms with Gasteiger partial charge in [-0.05, 0) is 38.5 Å². The van der Waals surface area contributed by atoms with Gasteiger partial charge in [0.2, 0.25) is 0 Å². The maximum atomic E-state index is 8.55. The molecule has 0 aliphatic rings. The van der Waals surface area contributed by atoms with E-state index >= 15 is 0 Å². The number of aliphatic hydroxyl groups is 2. The second-order valence-electron chi connectivity index (χ2n) is 3.62. The van der Waals surface area contributed by atoms with Gasteiger partial charge in [0.25, 0.3) is 0 Å². The number of unbranched alkanes of at least 4 members (excludes halogenated alkanes) is 6. The van der Waals surface area contributed by atoms with Crippen molar-refractivity contribution in [2.24, 2.45) is 0 Å². The highest BCUT2D eigenvalue weighted by Crippen LogP contribution is 2.03. The number of hydrogen-bond acceptors (Lipinski definition) is 2. The van der Waals surface area contributed by atoms with Crippen LogP contribution in [0.25, 0.3) is 0 Å². The molecule has 0 aromatic carbocycles. The van der Waals surface area contributed by atoms with Gasteiger partial charge in [-0.1, -0.05) is 25.0 Å². The van der Waals surface area contributed by atoms with E-state index in [-0.39, 0.29) is 0 Å². The van der Waals surface area contributed by atoms with E-state index in [0.29, 0.717) is 13.2 Å². The van der Waals surface area contributed by atoms with Crippen LogP contribution in [0.3, 0.4) is 0 Å². The van der Waals surface area contributed by atoms with Gasteiger partial charge in [-0.3, -0.25) is 0 Å². The molecule has 0 saturated carbocycles. The van der Waals surface area contributed by atoms with Gasteiger partial charge in [-0.15, -0.1) is 0 Å². The van der Waals surface area contributed by atoms with Crippen molar-refractivity contribution in [2.75, 3.05) is 13.2 Å². The van der Waals surface area contributed by atoms with Crippen molar-refractivity contribution in [1.29, 1.82) is 0 Å². The first-order valence-electron chi connectivity index (χ1n) is 5.78. The highest BCUT2D eigenvalue weighted by atomic mass is 16.3. The number of hydrogen-bond donors (Lipinski definition) is 2. The average Bonchev–Trinajstić information content (AvgIpc) is 2.21. The predicted octanol–water partition coefficient (Wildman–Crippen LogP) is 2.65. The van der Waals surface area contributed by atoms with Gasteiger partial charge >= 0.3 is 0 Å². The molecule has 0 aromatic rings. The Balaban J connectivity index is 2.96. The summed E-state index contributed by atoms with van der Waals surface area (Å²) >= 11 is 0. The first-order valence-corrected chi connectivity index (χ1v) is 5.78. The molecule has 14 heavy (non-hydrogen) atoms. The summed E-state index contributed by atoms with van der Waals surface area (Å²) in [5.41, 5.74) is 0. The smallest absolute Gasteiger partial charge is 0.0431 e. The largest absolute Gasteiger partial charge is 0.396 e. The van der Waals surface area contributed by atoms with Crippen LogP contribution in [0.15, 0.2) is 12.2 Å². The first-order chi connectivity index (χ1) is 6.91.